The molecule has 3 rings (SSSR count). The molecule has 0 amide bonds. The van der Waals surface area contributed by atoms with Crippen molar-refractivity contribution >= 4 is 0 Å². The number of nitrogens with zero attached hydrogens (tertiary/aromatic N) is 1. The second-order valence-corrected chi connectivity index (χ2v) is 5.97. The third-order valence-electron chi connectivity index (χ3n) is 4.45. The molecule has 116 valence electrons. The van der Waals surface area contributed by atoms with E-state index in [4.69, 9.17) is 4.74 Å². The van der Waals surface area contributed by atoms with E-state index in [0.717, 1.165) is 43.0 Å². The molecule has 22 heavy (non-hydrogen) atoms. The Morgan fingerprint density at radius 2 is 1.73 bits per heavy atom. The lowest BCUT2D eigenvalue weighted by Gasteiger charge is -2.32. The summed E-state index contributed by atoms with van der Waals surface area (Å²) in [6.07, 6.45) is 0. The minimum atomic E-state index is 0.333. The Morgan fingerprint density at radius 3 is 2.41 bits per heavy atom. The fourth-order valence-corrected chi connectivity index (χ4v) is 3.00. The van der Waals surface area contributed by atoms with Crippen molar-refractivity contribution in [3.05, 3.63) is 53.6 Å². The summed E-state index contributed by atoms with van der Waals surface area (Å²) in [6, 6.07) is 14.6. The smallest absolute Gasteiger partial charge is 0.123 e. The summed E-state index contributed by atoms with van der Waals surface area (Å²) in [5, 5.41) is 10.0. The first kappa shape index (κ1) is 15.1. The third kappa shape index (κ3) is 3.16. The van der Waals surface area contributed by atoms with Crippen molar-refractivity contribution in [1.82, 2.24) is 4.90 Å². The summed E-state index contributed by atoms with van der Waals surface area (Å²) in [7, 11) is 0. The average Bonchev–Trinajstić information content (AvgIpc) is 2.57. The second-order valence-electron chi connectivity index (χ2n) is 5.97. The van der Waals surface area contributed by atoms with E-state index in [9.17, 15) is 5.11 Å². The lowest BCUT2D eigenvalue weighted by atomic mass is 9.99. The molecule has 3 nitrogen and oxygen atoms in total. The highest BCUT2D eigenvalue weighted by Crippen LogP contribution is 2.31. The standard InChI is InChI=1S/C19H23NO2/c1-14-3-8-19(21)18(13-14)17-6-4-16(5-7-17)15(2)20-9-11-22-12-10-20/h3-8,13,15,21H,9-12H2,1-2H3. The molecule has 0 radical (unpaired) electrons. The molecule has 1 aliphatic heterocycles. The fourth-order valence-electron chi connectivity index (χ4n) is 3.00. The topological polar surface area (TPSA) is 32.7 Å². The van der Waals surface area contributed by atoms with Crippen molar-refractivity contribution in [2.24, 2.45) is 0 Å². The maximum atomic E-state index is 10.0. The number of hydrogen-bond acceptors (Lipinski definition) is 3. The van der Waals surface area contributed by atoms with Crippen LogP contribution in [0.25, 0.3) is 11.1 Å². The maximum Gasteiger partial charge on any atom is 0.123 e. The molecule has 1 fully saturated rings. The molecular formula is C19H23NO2. The van der Waals surface area contributed by atoms with Crippen LogP contribution < -0.4 is 0 Å². The molecular weight excluding hydrogens is 274 g/mol. The Labute approximate surface area is 132 Å². The van der Waals surface area contributed by atoms with Gasteiger partial charge in [0, 0.05) is 24.7 Å². The first-order valence-corrected chi connectivity index (χ1v) is 7.87. The average molecular weight is 297 g/mol. The zero-order valence-electron chi connectivity index (χ0n) is 13.2. The van der Waals surface area contributed by atoms with Crippen molar-refractivity contribution in [2.75, 3.05) is 26.3 Å². The molecule has 1 unspecified atom stereocenters. The number of aryl methyl sites for hydroxylation is 1. The van der Waals surface area contributed by atoms with Crippen molar-refractivity contribution in [1.29, 1.82) is 0 Å². The van der Waals surface area contributed by atoms with Crippen LogP contribution in [0.5, 0.6) is 5.75 Å². The molecule has 3 heteroatoms. The second kappa shape index (κ2) is 6.51. The monoisotopic (exact) mass is 297 g/mol. The van der Waals surface area contributed by atoms with Gasteiger partial charge in [-0.3, -0.25) is 4.90 Å². The van der Waals surface area contributed by atoms with E-state index in [-0.39, 0.29) is 0 Å². The molecule has 1 N–H and O–H groups in total. The van der Waals surface area contributed by atoms with E-state index >= 15 is 0 Å². The number of ether oxygens (including phenoxy) is 1. The zero-order chi connectivity index (χ0) is 15.5. The van der Waals surface area contributed by atoms with Gasteiger partial charge >= 0.3 is 0 Å². The van der Waals surface area contributed by atoms with E-state index in [1.807, 2.05) is 19.1 Å². The molecule has 0 bridgehead atoms. The van der Waals surface area contributed by atoms with E-state index in [1.54, 1.807) is 6.07 Å². The van der Waals surface area contributed by atoms with Gasteiger partial charge in [-0.25, -0.2) is 0 Å². The molecule has 1 atom stereocenters. The molecule has 0 aromatic heterocycles. The van der Waals surface area contributed by atoms with Crippen molar-refractivity contribution in [3.63, 3.8) is 0 Å². The third-order valence-corrected chi connectivity index (χ3v) is 4.45. The lowest BCUT2D eigenvalue weighted by Crippen LogP contribution is -2.37. The number of rotatable bonds is 3. The normalized spacial score (nSPS) is 17.4. The zero-order valence-corrected chi connectivity index (χ0v) is 13.2. The predicted octanol–water partition coefficient (Wildman–Crippen LogP) is 3.76. The van der Waals surface area contributed by atoms with Gasteiger partial charge in [0.15, 0.2) is 0 Å². The molecule has 2 aromatic carbocycles. The van der Waals surface area contributed by atoms with Gasteiger partial charge in [0.1, 0.15) is 5.75 Å². The summed E-state index contributed by atoms with van der Waals surface area (Å²) in [4.78, 5) is 2.45. The van der Waals surface area contributed by atoms with Gasteiger partial charge in [0.25, 0.3) is 0 Å². The Balaban J connectivity index is 1.81. The highest BCUT2D eigenvalue weighted by molar-refractivity contribution is 5.70. The van der Waals surface area contributed by atoms with Crippen molar-refractivity contribution in [2.45, 2.75) is 19.9 Å². The van der Waals surface area contributed by atoms with Crippen LogP contribution in [-0.2, 0) is 4.74 Å². The van der Waals surface area contributed by atoms with Crippen LogP contribution in [0.4, 0.5) is 0 Å². The maximum absolute atomic E-state index is 10.0. The highest BCUT2D eigenvalue weighted by Gasteiger charge is 2.18. The molecule has 0 saturated carbocycles. The summed E-state index contributed by atoms with van der Waals surface area (Å²) in [5.74, 6) is 0.333. The Bertz CT molecular complexity index is 630. The number of morpholine rings is 1. The molecule has 0 aliphatic carbocycles. The van der Waals surface area contributed by atoms with Crippen molar-refractivity contribution < 1.29 is 9.84 Å². The number of aromatic hydroxyl groups is 1. The Kier molecular flexibility index (Phi) is 4.46. The molecule has 0 spiro atoms. The molecule has 1 heterocycles. The van der Waals surface area contributed by atoms with E-state index in [0.29, 0.717) is 11.8 Å². The van der Waals surface area contributed by atoms with Crippen molar-refractivity contribution in [3.8, 4) is 16.9 Å². The van der Waals surface area contributed by atoms with Gasteiger partial charge in [-0.15, -0.1) is 0 Å². The Hall–Kier alpha value is -1.84. The lowest BCUT2D eigenvalue weighted by molar-refractivity contribution is 0.0198. The number of hydrogen-bond donors (Lipinski definition) is 1. The number of phenolic OH excluding ortho intramolecular Hbond substituents is 1. The fraction of sp³-hybridized carbons (Fsp3) is 0.368. The molecule has 1 saturated heterocycles. The Morgan fingerprint density at radius 1 is 1.05 bits per heavy atom. The van der Waals surface area contributed by atoms with Crippen LogP contribution in [0, 0.1) is 6.92 Å². The van der Waals surface area contributed by atoms with Crippen LogP contribution in [0.2, 0.25) is 0 Å². The summed E-state index contributed by atoms with van der Waals surface area (Å²) in [5.41, 5.74) is 4.40. The van der Waals surface area contributed by atoms with Crippen LogP contribution in [-0.4, -0.2) is 36.3 Å². The largest absolute Gasteiger partial charge is 0.507 e. The van der Waals surface area contributed by atoms with Gasteiger partial charge in [-0.1, -0.05) is 35.9 Å². The quantitative estimate of drug-likeness (QED) is 0.936. The van der Waals surface area contributed by atoms with Crippen LogP contribution >= 0.6 is 0 Å². The highest BCUT2D eigenvalue weighted by atomic mass is 16.5. The SMILES string of the molecule is Cc1ccc(O)c(-c2ccc(C(C)N3CCOCC3)cc2)c1. The van der Waals surface area contributed by atoms with Gasteiger partial charge in [0.2, 0.25) is 0 Å². The minimum Gasteiger partial charge on any atom is -0.507 e. The summed E-state index contributed by atoms with van der Waals surface area (Å²) < 4.78 is 5.42. The van der Waals surface area contributed by atoms with E-state index in [1.165, 1.54) is 5.56 Å². The minimum absolute atomic E-state index is 0.333. The molecule has 2 aromatic rings. The predicted molar refractivity (Wildman–Crippen MR) is 89.1 cm³/mol. The summed E-state index contributed by atoms with van der Waals surface area (Å²) >= 11 is 0. The van der Waals surface area contributed by atoms with Crippen LogP contribution in [0.1, 0.15) is 24.1 Å². The molecule has 1 aliphatic rings. The number of benzene rings is 2. The van der Waals surface area contributed by atoms with Gasteiger partial charge < -0.3 is 9.84 Å². The van der Waals surface area contributed by atoms with Gasteiger partial charge in [-0.05, 0) is 37.1 Å². The van der Waals surface area contributed by atoms with E-state index < -0.39 is 0 Å². The van der Waals surface area contributed by atoms with E-state index in [2.05, 4.69) is 36.1 Å². The first-order valence-electron chi connectivity index (χ1n) is 7.87. The van der Waals surface area contributed by atoms with Gasteiger partial charge in [0.05, 0.1) is 13.2 Å². The first-order chi connectivity index (χ1) is 10.6. The van der Waals surface area contributed by atoms with Gasteiger partial charge in [-0.2, -0.15) is 0 Å². The summed E-state index contributed by atoms with van der Waals surface area (Å²) in [6.45, 7) is 7.89. The van der Waals surface area contributed by atoms with Crippen LogP contribution in [0.3, 0.4) is 0 Å². The van der Waals surface area contributed by atoms with Crippen LogP contribution in [0.15, 0.2) is 42.5 Å². The number of phenols is 1.